The number of aliphatic hydroxyl groups excluding tert-OH is 4. The van der Waals surface area contributed by atoms with Gasteiger partial charge >= 0.3 is 0 Å². The number of aliphatic hydroxyl groups is 4. The topological polar surface area (TPSA) is 99.4 Å². The van der Waals surface area contributed by atoms with Crippen LogP contribution in [0.2, 0.25) is 0 Å². The van der Waals surface area contributed by atoms with E-state index in [0.717, 1.165) is 0 Å². The van der Waals surface area contributed by atoms with Crippen LogP contribution in [0, 0.1) is 0 Å². The van der Waals surface area contributed by atoms with Crippen molar-refractivity contribution in [3.8, 4) is 0 Å². The van der Waals surface area contributed by atoms with Gasteiger partial charge < -0.3 is 29.9 Å². The highest BCUT2D eigenvalue weighted by molar-refractivity contribution is 6.22. The Balaban J connectivity index is 2.27. The quantitative estimate of drug-likeness (QED) is 0.549. The van der Waals surface area contributed by atoms with Crippen LogP contribution in [-0.2, 0) is 14.7 Å². The molecule has 0 amide bonds. The second-order valence-electron chi connectivity index (χ2n) is 4.57. The molecule has 0 bridgehead atoms. The van der Waals surface area contributed by atoms with Gasteiger partial charge in [0.2, 0.25) is 0 Å². The molecule has 1 unspecified atom stereocenters. The molecule has 0 saturated carbocycles. The van der Waals surface area contributed by atoms with Crippen LogP contribution in [-0.4, -0.2) is 58.1 Å². The highest BCUT2D eigenvalue weighted by Gasteiger charge is 2.52. The Hall–Kier alpha value is -0.730. The van der Waals surface area contributed by atoms with Gasteiger partial charge in [-0.3, -0.25) is 0 Å². The Labute approximate surface area is 121 Å². The van der Waals surface area contributed by atoms with Crippen molar-refractivity contribution in [3.63, 3.8) is 0 Å². The van der Waals surface area contributed by atoms with Crippen LogP contribution in [0.25, 0.3) is 0 Å². The molecule has 6 nitrogen and oxygen atoms in total. The average molecular weight is 305 g/mol. The lowest BCUT2D eigenvalue weighted by Crippen LogP contribution is -2.45. The van der Waals surface area contributed by atoms with Crippen LogP contribution in [0.3, 0.4) is 0 Å². The van der Waals surface area contributed by atoms with E-state index in [2.05, 4.69) is 0 Å². The zero-order chi connectivity index (χ0) is 14.8. The molecule has 2 rings (SSSR count). The molecule has 1 saturated heterocycles. The number of alkyl halides is 1. The Bertz CT molecular complexity index is 410. The van der Waals surface area contributed by atoms with E-state index in [1.807, 2.05) is 0 Å². The smallest absolute Gasteiger partial charge is 0.277 e. The molecule has 1 aliphatic rings. The maximum atomic E-state index is 9.75. The molecule has 1 aromatic rings. The molecule has 5 atom stereocenters. The molecule has 0 aromatic heterocycles. The summed E-state index contributed by atoms with van der Waals surface area (Å²) in [6.07, 6.45) is -4.68. The first-order chi connectivity index (χ1) is 9.51. The van der Waals surface area contributed by atoms with Gasteiger partial charge in [-0.1, -0.05) is 41.9 Å². The molecule has 1 aromatic carbocycles. The van der Waals surface area contributed by atoms with Gasteiger partial charge in [0.05, 0.1) is 13.2 Å². The lowest BCUT2D eigenvalue weighted by molar-refractivity contribution is -0.133. The first-order valence-corrected chi connectivity index (χ1v) is 6.57. The molecular formula is C13H17ClO6. The Morgan fingerprint density at radius 3 is 1.85 bits per heavy atom. The van der Waals surface area contributed by atoms with E-state index in [9.17, 15) is 10.2 Å². The largest absolute Gasteiger partial charge is 0.394 e. The summed E-state index contributed by atoms with van der Waals surface area (Å²) in [5.74, 6) is 0. The van der Waals surface area contributed by atoms with E-state index in [1.54, 1.807) is 30.3 Å². The second-order valence-corrected chi connectivity index (χ2v) is 5.06. The lowest BCUT2D eigenvalue weighted by Gasteiger charge is -2.23. The summed E-state index contributed by atoms with van der Waals surface area (Å²) >= 11 is 6.26. The fourth-order valence-corrected chi connectivity index (χ4v) is 2.42. The highest BCUT2D eigenvalue weighted by atomic mass is 35.5. The monoisotopic (exact) mass is 304 g/mol. The van der Waals surface area contributed by atoms with Crippen molar-refractivity contribution in [2.75, 3.05) is 13.2 Å². The normalized spacial score (nSPS) is 33.0. The maximum absolute atomic E-state index is 9.75. The zero-order valence-corrected chi connectivity index (χ0v) is 11.3. The van der Waals surface area contributed by atoms with Crippen LogP contribution in [0.5, 0.6) is 0 Å². The third kappa shape index (κ3) is 2.96. The van der Waals surface area contributed by atoms with Crippen molar-refractivity contribution in [3.05, 3.63) is 35.9 Å². The summed E-state index contributed by atoms with van der Waals surface area (Å²) in [6.45, 7) is -1.16. The molecule has 7 heteroatoms. The van der Waals surface area contributed by atoms with Crippen molar-refractivity contribution in [2.45, 2.75) is 29.7 Å². The summed E-state index contributed by atoms with van der Waals surface area (Å²) in [6, 6.07) is 8.60. The van der Waals surface area contributed by atoms with Crippen molar-refractivity contribution < 1.29 is 29.9 Å². The molecule has 4 N–H and O–H groups in total. The summed E-state index contributed by atoms with van der Waals surface area (Å²) < 4.78 is 11.0. The van der Waals surface area contributed by atoms with Crippen LogP contribution >= 0.6 is 11.6 Å². The minimum absolute atomic E-state index is 0.490. The minimum atomic E-state index is -1.68. The second kappa shape index (κ2) is 6.36. The van der Waals surface area contributed by atoms with Crippen LogP contribution in [0.1, 0.15) is 5.56 Å². The van der Waals surface area contributed by atoms with Gasteiger partial charge in [-0.15, -0.1) is 0 Å². The molecule has 1 aliphatic heterocycles. The summed E-state index contributed by atoms with van der Waals surface area (Å²) in [7, 11) is 0. The molecule has 0 radical (unpaired) electrons. The fraction of sp³-hybridized carbons (Fsp3) is 0.538. The minimum Gasteiger partial charge on any atom is -0.394 e. The van der Waals surface area contributed by atoms with Gasteiger partial charge in [0.1, 0.15) is 24.4 Å². The molecule has 20 heavy (non-hydrogen) atoms. The molecule has 1 fully saturated rings. The number of halogens is 1. The van der Waals surface area contributed by atoms with Gasteiger partial charge in [-0.25, -0.2) is 0 Å². The third-order valence-corrected chi connectivity index (χ3v) is 3.55. The fourth-order valence-electron chi connectivity index (χ4n) is 2.09. The predicted octanol–water partition coefficient (Wildman–Crippen LogP) is -0.474. The summed E-state index contributed by atoms with van der Waals surface area (Å²) in [5.41, 5.74) is 0.490. The lowest BCUT2D eigenvalue weighted by atomic mass is 10.0. The molecular weight excluding hydrogens is 288 g/mol. The maximum Gasteiger partial charge on any atom is 0.277 e. The van der Waals surface area contributed by atoms with Crippen LogP contribution in [0.4, 0.5) is 0 Å². The number of ether oxygens (including phenoxy) is 2. The van der Waals surface area contributed by atoms with E-state index in [0.29, 0.717) is 5.56 Å². The molecule has 112 valence electrons. The summed E-state index contributed by atoms with van der Waals surface area (Å²) in [5, 5.41) is 35.9. The van der Waals surface area contributed by atoms with Gasteiger partial charge in [0.25, 0.3) is 5.25 Å². The third-order valence-electron chi connectivity index (χ3n) is 3.15. The van der Waals surface area contributed by atoms with Gasteiger partial charge in [-0.2, -0.15) is 0 Å². The van der Waals surface area contributed by atoms with E-state index < -0.39 is 42.9 Å². The standard InChI is InChI=1S/C13H17ClO6/c14-13(8-4-2-1-3-5-8)19-11(9(17)6-15)12(20-13)10(18)7-16/h1-5,9-12,15-18H,6-7H2/t9-,10+,11-,12-,13?/m0/s1. The number of rotatable bonds is 5. The van der Waals surface area contributed by atoms with E-state index >= 15 is 0 Å². The summed E-state index contributed by atoms with van der Waals surface area (Å²) in [4.78, 5) is 0. The first-order valence-electron chi connectivity index (χ1n) is 6.19. The van der Waals surface area contributed by atoms with Crippen LogP contribution < -0.4 is 0 Å². The Morgan fingerprint density at radius 1 is 1.00 bits per heavy atom. The highest BCUT2D eigenvalue weighted by Crippen LogP contribution is 2.43. The van der Waals surface area contributed by atoms with Crippen LogP contribution in [0.15, 0.2) is 30.3 Å². The van der Waals surface area contributed by atoms with E-state index in [-0.39, 0.29) is 0 Å². The Morgan fingerprint density at radius 2 is 1.45 bits per heavy atom. The predicted molar refractivity (Wildman–Crippen MR) is 69.9 cm³/mol. The SMILES string of the molecule is OC[C@@H](O)[C@@H]1OC(Cl)(c2ccccc2)O[C@H]1[C@@H](O)CO. The van der Waals surface area contributed by atoms with Gasteiger partial charge in [0.15, 0.2) is 0 Å². The first kappa shape index (κ1) is 15.7. The molecule has 0 spiro atoms. The molecule has 1 heterocycles. The Kier molecular flexibility index (Phi) is 4.98. The van der Waals surface area contributed by atoms with Gasteiger partial charge in [-0.05, 0) is 0 Å². The number of hydrogen-bond acceptors (Lipinski definition) is 6. The van der Waals surface area contributed by atoms with E-state index in [4.69, 9.17) is 31.3 Å². The van der Waals surface area contributed by atoms with Crippen molar-refractivity contribution in [1.82, 2.24) is 0 Å². The van der Waals surface area contributed by atoms with Crippen molar-refractivity contribution in [2.24, 2.45) is 0 Å². The van der Waals surface area contributed by atoms with Gasteiger partial charge in [0, 0.05) is 5.56 Å². The van der Waals surface area contributed by atoms with Crippen molar-refractivity contribution >= 4 is 11.6 Å². The number of benzene rings is 1. The van der Waals surface area contributed by atoms with E-state index in [1.165, 1.54) is 0 Å². The number of hydrogen-bond donors (Lipinski definition) is 4. The molecule has 0 aliphatic carbocycles. The zero-order valence-electron chi connectivity index (χ0n) is 10.6. The average Bonchev–Trinajstić information content (AvgIpc) is 2.86. The van der Waals surface area contributed by atoms with Crippen molar-refractivity contribution in [1.29, 1.82) is 0 Å².